The van der Waals surface area contributed by atoms with Gasteiger partial charge >= 0.3 is 0 Å². The van der Waals surface area contributed by atoms with Crippen LogP contribution >= 0.6 is 24.8 Å². The normalized spacial score (nSPS) is 15.7. The lowest BCUT2D eigenvalue weighted by Gasteiger charge is -2.32. The number of anilines is 1. The summed E-state index contributed by atoms with van der Waals surface area (Å²) < 4.78 is 5.58. The van der Waals surface area contributed by atoms with Gasteiger partial charge in [-0.05, 0) is 37.4 Å². The van der Waals surface area contributed by atoms with Crippen molar-refractivity contribution in [3.8, 4) is 0 Å². The van der Waals surface area contributed by atoms with Gasteiger partial charge < -0.3 is 15.0 Å². The summed E-state index contributed by atoms with van der Waals surface area (Å²) in [7, 11) is 0. The molecule has 2 aromatic rings. The molecule has 0 bridgehead atoms. The van der Waals surface area contributed by atoms with Crippen LogP contribution in [0.5, 0.6) is 0 Å². The first-order valence-electron chi connectivity index (χ1n) is 9.34. The Morgan fingerprint density at radius 3 is 2.63 bits per heavy atom. The van der Waals surface area contributed by atoms with E-state index in [1.165, 1.54) is 22.4 Å². The standard InChI is InChI=1S/C20H26N4O.2ClH/c1-2-25-14-19-22-18-8-11-21-10-7-17(18)20(23-19)24-12-9-15-5-3-4-6-16(15)13-24;;/h3-6,21H,2,7-14H2,1H3;2*1H. The van der Waals surface area contributed by atoms with Crippen molar-refractivity contribution in [1.82, 2.24) is 15.3 Å². The zero-order valence-electron chi connectivity index (χ0n) is 15.7. The van der Waals surface area contributed by atoms with Crippen LogP contribution in [0.2, 0.25) is 0 Å². The molecule has 1 aromatic carbocycles. The zero-order valence-corrected chi connectivity index (χ0v) is 17.4. The Bertz CT molecular complexity index is 757. The molecule has 0 saturated carbocycles. The smallest absolute Gasteiger partial charge is 0.156 e. The van der Waals surface area contributed by atoms with Gasteiger partial charge in [-0.3, -0.25) is 0 Å². The molecule has 1 aromatic heterocycles. The van der Waals surface area contributed by atoms with Crippen LogP contribution < -0.4 is 10.2 Å². The molecule has 0 radical (unpaired) electrons. The fraction of sp³-hybridized carbons (Fsp3) is 0.500. The van der Waals surface area contributed by atoms with Gasteiger partial charge in [0, 0.05) is 38.2 Å². The topological polar surface area (TPSA) is 50.3 Å². The lowest BCUT2D eigenvalue weighted by molar-refractivity contribution is 0.128. The first kappa shape index (κ1) is 21.9. The van der Waals surface area contributed by atoms with E-state index in [-0.39, 0.29) is 24.8 Å². The van der Waals surface area contributed by atoms with Gasteiger partial charge in [0.15, 0.2) is 5.82 Å². The largest absolute Gasteiger partial charge is 0.374 e. The second kappa shape index (κ2) is 10.2. The Hall–Kier alpha value is -1.40. The predicted molar refractivity (Wildman–Crippen MR) is 113 cm³/mol. The van der Waals surface area contributed by atoms with Crippen molar-refractivity contribution in [3.63, 3.8) is 0 Å². The molecule has 0 unspecified atom stereocenters. The van der Waals surface area contributed by atoms with Crippen molar-refractivity contribution in [3.05, 3.63) is 52.5 Å². The highest BCUT2D eigenvalue weighted by atomic mass is 35.5. The van der Waals surface area contributed by atoms with Crippen molar-refractivity contribution in [2.24, 2.45) is 0 Å². The van der Waals surface area contributed by atoms with Gasteiger partial charge in [-0.2, -0.15) is 0 Å². The summed E-state index contributed by atoms with van der Waals surface area (Å²) in [5, 5.41) is 3.49. The summed E-state index contributed by atoms with van der Waals surface area (Å²) in [6.07, 6.45) is 3.04. The second-order valence-corrected chi connectivity index (χ2v) is 6.72. The molecule has 4 rings (SSSR count). The van der Waals surface area contributed by atoms with Crippen LogP contribution in [-0.4, -0.2) is 36.2 Å². The molecule has 0 fully saturated rings. The SMILES string of the molecule is CCOCc1nc2c(c(N3CCc4ccccc4C3)n1)CCNCC2.Cl.Cl. The first-order valence-corrected chi connectivity index (χ1v) is 9.34. The van der Waals surface area contributed by atoms with E-state index in [1.807, 2.05) is 6.92 Å². The van der Waals surface area contributed by atoms with E-state index < -0.39 is 0 Å². The van der Waals surface area contributed by atoms with Crippen LogP contribution in [0.3, 0.4) is 0 Å². The molecule has 5 nitrogen and oxygen atoms in total. The maximum absolute atomic E-state index is 5.58. The molecule has 2 aliphatic heterocycles. The minimum absolute atomic E-state index is 0. The van der Waals surface area contributed by atoms with E-state index in [0.29, 0.717) is 13.2 Å². The van der Waals surface area contributed by atoms with Gasteiger partial charge in [0.1, 0.15) is 12.4 Å². The summed E-state index contributed by atoms with van der Waals surface area (Å²) in [6, 6.07) is 8.76. The lowest BCUT2D eigenvalue weighted by Crippen LogP contribution is -2.32. The van der Waals surface area contributed by atoms with Crippen molar-refractivity contribution >= 4 is 30.6 Å². The van der Waals surface area contributed by atoms with Crippen LogP contribution in [0, 0.1) is 0 Å². The summed E-state index contributed by atoms with van der Waals surface area (Å²) >= 11 is 0. The number of halogens is 2. The number of nitrogens with one attached hydrogen (secondary N) is 1. The van der Waals surface area contributed by atoms with Crippen molar-refractivity contribution in [1.29, 1.82) is 0 Å². The molecule has 7 heteroatoms. The highest BCUT2D eigenvalue weighted by Gasteiger charge is 2.23. The van der Waals surface area contributed by atoms with Gasteiger partial charge in [-0.25, -0.2) is 9.97 Å². The molecule has 3 heterocycles. The fourth-order valence-electron chi connectivity index (χ4n) is 3.77. The van der Waals surface area contributed by atoms with Crippen LogP contribution in [0.15, 0.2) is 24.3 Å². The molecule has 0 spiro atoms. The lowest BCUT2D eigenvalue weighted by atomic mass is 9.99. The highest BCUT2D eigenvalue weighted by molar-refractivity contribution is 5.85. The summed E-state index contributed by atoms with van der Waals surface area (Å²) in [5.74, 6) is 1.94. The molecule has 148 valence electrons. The minimum atomic E-state index is 0. The molecule has 27 heavy (non-hydrogen) atoms. The summed E-state index contributed by atoms with van der Waals surface area (Å²) in [5.41, 5.74) is 5.41. The van der Waals surface area contributed by atoms with Gasteiger partial charge in [0.25, 0.3) is 0 Å². The Balaban J connectivity index is 0.00000131. The number of benzene rings is 1. The van der Waals surface area contributed by atoms with Crippen LogP contribution in [-0.2, 0) is 37.2 Å². The van der Waals surface area contributed by atoms with Crippen LogP contribution in [0.4, 0.5) is 5.82 Å². The van der Waals surface area contributed by atoms with E-state index in [0.717, 1.165) is 57.1 Å². The first-order chi connectivity index (χ1) is 12.3. The van der Waals surface area contributed by atoms with Crippen LogP contribution in [0.1, 0.15) is 35.1 Å². The third kappa shape index (κ3) is 4.91. The van der Waals surface area contributed by atoms with E-state index in [9.17, 15) is 0 Å². The molecule has 0 saturated heterocycles. The Kier molecular flexibility index (Phi) is 8.29. The molecule has 0 aliphatic carbocycles. The molecule has 0 atom stereocenters. The van der Waals surface area contributed by atoms with Gasteiger partial charge in [-0.1, -0.05) is 24.3 Å². The maximum atomic E-state index is 5.58. The number of aromatic nitrogens is 2. The number of fused-ring (bicyclic) bond motifs is 2. The molecule has 2 aliphatic rings. The molecule has 0 amide bonds. The van der Waals surface area contributed by atoms with Crippen molar-refractivity contribution in [2.75, 3.05) is 31.1 Å². The van der Waals surface area contributed by atoms with E-state index in [1.54, 1.807) is 0 Å². The molecular formula is C20H28Cl2N4O. The zero-order chi connectivity index (χ0) is 17.1. The number of ether oxygens (including phenoxy) is 1. The predicted octanol–water partition coefficient (Wildman–Crippen LogP) is 3.11. The third-order valence-electron chi connectivity index (χ3n) is 5.07. The van der Waals surface area contributed by atoms with Gasteiger partial charge in [0.05, 0.1) is 5.69 Å². The summed E-state index contributed by atoms with van der Waals surface area (Å²) in [6.45, 7) is 7.13. The Morgan fingerprint density at radius 2 is 1.81 bits per heavy atom. The minimum Gasteiger partial charge on any atom is -0.374 e. The van der Waals surface area contributed by atoms with Crippen molar-refractivity contribution in [2.45, 2.75) is 39.3 Å². The summed E-state index contributed by atoms with van der Waals surface area (Å²) in [4.78, 5) is 12.2. The average Bonchev–Trinajstić information content (AvgIpc) is 2.90. The number of hydrogen-bond donors (Lipinski definition) is 1. The van der Waals surface area contributed by atoms with Crippen LogP contribution in [0.25, 0.3) is 0 Å². The van der Waals surface area contributed by atoms with E-state index in [2.05, 4.69) is 34.5 Å². The van der Waals surface area contributed by atoms with Gasteiger partial charge in [-0.15, -0.1) is 24.8 Å². The number of rotatable bonds is 4. The van der Waals surface area contributed by atoms with E-state index in [4.69, 9.17) is 14.7 Å². The fourth-order valence-corrected chi connectivity index (χ4v) is 3.77. The average molecular weight is 411 g/mol. The Morgan fingerprint density at radius 1 is 1.04 bits per heavy atom. The van der Waals surface area contributed by atoms with Gasteiger partial charge in [0.2, 0.25) is 0 Å². The number of nitrogens with zero attached hydrogens (tertiary/aromatic N) is 3. The second-order valence-electron chi connectivity index (χ2n) is 6.72. The van der Waals surface area contributed by atoms with Crippen molar-refractivity contribution < 1.29 is 4.74 Å². The maximum Gasteiger partial charge on any atom is 0.156 e. The third-order valence-corrected chi connectivity index (χ3v) is 5.07. The number of hydrogen-bond acceptors (Lipinski definition) is 5. The molecule has 1 N–H and O–H groups in total. The quantitative estimate of drug-likeness (QED) is 0.838. The Labute approximate surface area is 173 Å². The molecular weight excluding hydrogens is 383 g/mol. The van der Waals surface area contributed by atoms with E-state index >= 15 is 0 Å². The highest BCUT2D eigenvalue weighted by Crippen LogP contribution is 2.28. The monoisotopic (exact) mass is 410 g/mol.